The minimum atomic E-state index is -2.71. The lowest BCUT2D eigenvalue weighted by atomic mass is 10.1. The van der Waals surface area contributed by atoms with Crippen LogP contribution in [-0.4, -0.2) is 20.9 Å². The molecule has 1 N–H and O–H groups in total. The first kappa shape index (κ1) is 19.0. The Bertz CT molecular complexity index is 1150. The molecule has 0 spiro atoms. The van der Waals surface area contributed by atoms with Crippen LogP contribution in [0.15, 0.2) is 66.9 Å². The van der Waals surface area contributed by atoms with Crippen molar-refractivity contribution < 1.29 is 13.6 Å². The van der Waals surface area contributed by atoms with Crippen LogP contribution >= 0.6 is 11.6 Å². The zero-order valence-corrected chi connectivity index (χ0v) is 15.8. The number of hydrogen-bond donors (Lipinski definition) is 1. The molecular weight excluding hydrogens is 398 g/mol. The van der Waals surface area contributed by atoms with Crippen molar-refractivity contribution >= 4 is 34.2 Å². The van der Waals surface area contributed by atoms with E-state index in [2.05, 4.69) is 15.0 Å². The molecular formula is C21H15ClF2N4O. The topological polar surface area (TPSA) is 61.9 Å². The lowest BCUT2D eigenvalue weighted by Crippen LogP contribution is -2.30. The molecule has 5 nitrogen and oxygen atoms in total. The maximum absolute atomic E-state index is 13.3. The molecule has 2 aromatic carbocycles. The molecule has 2 aromatic heterocycles. The molecule has 1 amide bonds. The molecule has 0 aliphatic heterocycles. The summed E-state index contributed by atoms with van der Waals surface area (Å²) in [5, 5.41) is 0.553. The number of imidazole rings is 1. The van der Waals surface area contributed by atoms with Gasteiger partial charge in [-0.25, -0.2) is 13.8 Å². The van der Waals surface area contributed by atoms with Crippen LogP contribution in [0.4, 0.5) is 14.5 Å². The highest BCUT2D eigenvalue weighted by atomic mass is 35.5. The van der Waals surface area contributed by atoms with E-state index in [1.54, 1.807) is 53.6 Å². The molecule has 0 unspecified atom stereocenters. The highest BCUT2D eigenvalue weighted by molar-refractivity contribution is 6.30. The zero-order chi connectivity index (χ0) is 20.4. The molecule has 2 heterocycles. The normalized spacial score (nSPS) is 11.2. The molecule has 29 heavy (non-hydrogen) atoms. The second-order valence-corrected chi connectivity index (χ2v) is 6.78. The summed E-state index contributed by atoms with van der Waals surface area (Å²) in [5.41, 5.74) is 2.44. The number of benzene rings is 2. The third kappa shape index (κ3) is 4.09. The number of H-pyrrole nitrogens is 1. The van der Waals surface area contributed by atoms with Crippen LogP contribution in [0.1, 0.15) is 28.3 Å². The van der Waals surface area contributed by atoms with Gasteiger partial charge in [0.25, 0.3) is 12.3 Å². The predicted octanol–water partition coefficient (Wildman–Crippen LogP) is 5.40. The summed E-state index contributed by atoms with van der Waals surface area (Å²) in [6.07, 6.45) is -1.06. The van der Waals surface area contributed by atoms with Crippen molar-refractivity contribution in [2.45, 2.75) is 13.0 Å². The highest BCUT2D eigenvalue weighted by Gasteiger charge is 2.20. The Morgan fingerprint density at radius 1 is 1.10 bits per heavy atom. The van der Waals surface area contributed by atoms with Gasteiger partial charge in [0.2, 0.25) is 0 Å². The molecule has 0 aliphatic carbocycles. The van der Waals surface area contributed by atoms with E-state index in [1.165, 1.54) is 6.07 Å². The van der Waals surface area contributed by atoms with Crippen LogP contribution < -0.4 is 4.90 Å². The Balaban J connectivity index is 1.72. The Morgan fingerprint density at radius 3 is 2.59 bits per heavy atom. The average Bonchev–Trinajstić information content (AvgIpc) is 3.17. The number of rotatable bonds is 5. The number of amides is 1. The standard InChI is InChI=1S/C21H15ClF2N4O/c22-14-5-7-16(8-6-14)28(12-15-3-1-2-10-25-15)21(29)13-4-9-17-18(11-13)27-20(26-17)19(23)24/h1-11,19H,12H2,(H,26,27). The minimum absolute atomic E-state index is 0.241. The van der Waals surface area contributed by atoms with Crippen molar-refractivity contribution in [3.8, 4) is 0 Å². The van der Waals surface area contributed by atoms with Gasteiger partial charge in [-0.3, -0.25) is 9.78 Å². The fourth-order valence-electron chi connectivity index (χ4n) is 2.98. The molecule has 0 fully saturated rings. The Morgan fingerprint density at radius 2 is 1.90 bits per heavy atom. The molecule has 8 heteroatoms. The highest BCUT2D eigenvalue weighted by Crippen LogP contribution is 2.25. The number of anilines is 1. The Hall–Kier alpha value is -3.32. The molecule has 0 bridgehead atoms. The van der Waals surface area contributed by atoms with Gasteiger partial charge < -0.3 is 9.88 Å². The lowest BCUT2D eigenvalue weighted by molar-refractivity contribution is 0.0985. The number of pyridine rings is 1. The van der Waals surface area contributed by atoms with Crippen molar-refractivity contribution in [2.75, 3.05) is 4.90 Å². The summed E-state index contributed by atoms with van der Waals surface area (Å²) in [4.78, 5) is 25.6. The summed E-state index contributed by atoms with van der Waals surface area (Å²) in [7, 11) is 0. The van der Waals surface area contributed by atoms with Crippen molar-refractivity contribution in [3.05, 3.63) is 89.0 Å². The van der Waals surface area contributed by atoms with Gasteiger partial charge in [0, 0.05) is 22.5 Å². The fraction of sp³-hybridized carbons (Fsp3) is 0.0952. The molecule has 0 saturated carbocycles. The molecule has 0 atom stereocenters. The summed E-state index contributed by atoms with van der Waals surface area (Å²) >= 11 is 5.98. The van der Waals surface area contributed by atoms with Gasteiger partial charge in [-0.15, -0.1) is 0 Å². The van der Waals surface area contributed by atoms with Gasteiger partial charge in [-0.1, -0.05) is 17.7 Å². The van der Waals surface area contributed by atoms with Crippen LogP contribution in [0.2, 0.25) is 5.02 Å². The van der Waals surface area contributed by atoms with Crippen LogP contribution in [0.5, 0.6) is 0 Å². The lowest BCUT2D eigenvalue weighted by Gasteiger charge is -2.23. The van der Waals surface area contributed by atoms with Crippen molar-refractivity contribution in [1.82, 2.24) is 15.0 Å². The first-order valence-corrected chi connectivity index (χ1v) is 9.14. The quantitative estimate of drug-likeness (QED) is 0.477. The molecule has 4 rings (SSSR count). The zero-order valence-electron chi connectivity index (χ0n) is 15.0. The average molecular weight is 413 g/mol. The van der Waals surface area contributed by atoms with E-state index < -0.39 is 12.2 Å². The fourth-order valence-corrected chi connectivity index (χ4v) is 3.10. The number of nitrogens with one attached hydrogen (secondary N) is 1. The molecule has 0 aliphatic rings. The number of carbonyl (C=O) groups is 1. The third-order valence-corrected chi connectivity index (χ3v) is 4.64. The van der Waals surface area contributed by atoms with Gasteiger partial charge in [0.05, 0.1) is 23.3 Å². The van der Waals surface area contributed by atoms with E-state index >= 15 is 0 Å². The third-order valence-electron chi connectivity index (χ3n) is 4.38. The van der Waals surface area contributed by atoms with Gasteiger partial charge in [0.1, 0.15) is 0 Å². The molecule has 4 aromatic rings. The van der Waals surface area contributed by atoms with Gasteiger partial charge in [-0.05, 0) is 54.6 Å². The van der Waals surface area contributed by atoms with Crippen molar-refractivity contribution in [1.29, 1.82) is 0 Å². The van der Waals surface area contributed by atoms with Gasteiger partial charge >= 0.3 is 0 Å². The van der Waals surface area contributed by atoms with E-state index in [0.717, 1.165) is 0 Å². The molecule has 0 radical (unpaired) electrons. The van der Waals surface area contributed by atoms with Crippen LogP contribution in [-0.2, 0) is 6.54 Å². The maximum atomic E-state index is 13.3. The maximum Gasteiger partial charge on any atom is 0.295 e. The van der Waals surface area contributed by atoms with E-state index in [0.29, 0.717) is 33.0 Å². The molecule has 0 saturated heterocycles. The van der Waals surface area contributed by atoms with Gasteiger partial charge in [-0.2, -0.15) is 0 Å². The first-order valence-electron chi connectivity index (χ1n) is 8.76. The number of alkyl halides is 2. The Kier molecular flexibility index (Phi) is 5.22. The van der Waals surface area contributed by atoms with Crippen molar-refractivity contribution in [2.24, 2.45) is 0 Å². The second-order valence-electron chi connectivity index (χ2n) is 6.34. The molecule has 146 valence electrons. The van der Waals surface area contributed by atoms with Crippen molar-refractivity contribution in [3.63, 3.8) is 0 Å². The Labute approximate surface area is 170 Å². The monoisotopic (exact) mass is 412 g/mol. The predicted molar refractivity (Wildman–Crippen MR) is 107 cm³/mol. The van der Waals surface area contributed by atoms with Gasteiger partial charge in [0.15, 0.2) is 5.82 Å². The first-order chi connectivity index (χ1) is 14.0. The SMILES string of the molecule is O=C(c1ccc2nc(C(F)F)[nH]c2c1)N(Cc1ccccn1)c1ccc(Cl)cc1. The summed E-state index contributed by atoms with van der Waals surface area (Å²) in [5.74, 6) is -0.722. The van der Waals surface area contributed by atoms with E-state index in [1.807, 2.05) is 12.1 Å². The number of hydrogen-bond acceptors (Lipinski definition) is 3. The number of aromatic nitrogens is 3. The van der Waals surface area contributed by atoms with E-state index in [-0.39, 0.29) is 12.5 Å². The number of nitrogens with zero attached hydrogens (tertiary/aromatic N) is 3. The van der Waals surface area contributed by atoms with Crippen LogP contribution in [0, 0.1) is 0 Å². The number of aromatic amines is 1. The largest absolute Gasteiger partial charge is 0.337 e. The number of halogens is 3. The summed E-state index contributed by atoms with van der Waals surface area (Å²) in [6, 6.07) is 17.0. The van der Waals surface area contributed by atoms with Crippen LogP contribution in [0.25, 0.3) is 11.0 Å². The summed E-state index contributed by atoms with van der Waals surface area (Å²) < 4.78 is 25.8. The number of carbonyl (C=O) groups excluding carboxylic acids is 1. The summed E-state index contributed by atoms with van der Waals surface area (Å²) in [6.45, 7) is 0.241. The smallest absolute Gasteiger partial charge is 0.295 e. The number of fused-ring (bicyclic) bond motifs is 1. The van der Waals surface area contributed by atoms with E-state index in [9.17, 15) is 13.6 Å². The van der Waals surface area contributed by atoms with Crippen LogP contribution in [0.3, 0.4) is 0 Å². The second kappa shape index (κ2) is 7.97. The van der Waals surface area contributed by atoms with E-state index in [4.69, 9.17) is 11.6 Å². The minimum Gasteiger partial charge on any atom is -0.337 e.